The molecule has 0 saturated heterocycles. The molecule has 96 valence electrons. The van der Waals surface area contributed by atoms with Gasteiger partial charge in [-0.05, 0) is 11.1 Å². The zero-order chi connectivity index (χ0) is 13.2. The molecule has 1 N–H and O–H groups in total. The number of carbonyl (C=O) groups excluding carboxylic acids is 1. The number of rotatable bonds is 7. The van der Waals surface area contributed by atoms with Crippen LogP contribution in [0.4, 0.5) is 0 Å². The molecule has 1 aromatic carbocycles. The number of methoxy groups -OCH3 is 1. The van der Waals surface area contributed by atoms with Crippen molar-refractivity contribution in [3.05, 3.63) is 35.4 Å². The molecule has 0 heterocycles. The van der Waals surface area contributed by atoms with E-state index in [1.54, 1.807) is 13.2 Å². The first-order chi connectivity index (χ1) is 8.76. The van der Waals surface area contributed by atoms with Crippen molar-refractivity contribution in [1.29, 1.82) is 5.26 Å². The van der Waals surface area contributed by atoms with Crippen molar-refractivity contribution >= 4 is 5.91 Å². The van der Waals surface area contributed by atoms with E-state index >= 15 is 0 Å². The van der Waals surface area contributed by atoms with Gasteiger partial charge in [0, 0.05) is 13.7 Å². The minimum Gasteiger partial charge on any atom is -0.359 e. The van der Waals surface area contributed by atoms with Gasteiger partial charge < -0.3 is 14.8 Å². The third-order valence-electron chi connectivity index (χ3n) is 2.22. The van der Waals surface area contributed by atoms with Crippen molar-refractivity contribution in [1.82, 2.24) is 5.32 Å². The lowest BCUT2D eigenvalue weighted by Crippen LogP contribution is -2.21. The summed E-state index contributed by atoms with van der Waals surface area (Å²) in [5.74, 6) is -0.259. The predicted octanol–water partition coefficient (Wildman–Crippen LogP) is 1.34. The minimum absolute atomic E-state index is 0.108. The number of ether oxygens (including phenoxy) is 2. The average molecular weight is 248 g/mol. The molecular weight excluding hydrogens is 232 g/mol. The van der Waals surface area contributed by atoms with Crippen LogP contribution in [0, 0.1) is 11.3 Å². The maximum atomic E-state index is 11.1. The van der Waals surface area contributed by atoms with Gasteiger partial charge in [0.05, 0.1) is 12.7 Å². The molecule has 1 rings (SSSR count). The molecule has 0 unspecified atom stereocenters. The van der Waals surface area contributed by atoms with Crippen LogP contribution >= 0.6 is 0 Å². The van der Waals surface area contributed by atoms with E-state index in [4.69, 9.17) is 14.7 Å². The molecule has 0 radical (unpaired) electrons. The molecule has 5 heteroatoms. The first-order valence-electron chi connectivity index (χ1n) is 5.54. The van der Waals surface area contributed by atoms with Crippen LogP contribution in [-0.2, 0) is 27.4 Å². The second-order valence-corrected chi connectivity index (χ2v) is 3.68. The normalized spacial score (nSPS) is 9.78. The number of carbonyl (C=O) groups is 1. The Bertz CT molecular complexity index is 409. The Morgan fingerprint density at radius 2 is 2.00 bits per heavy atom. The van der Waals surface area contributed by atoms with Crippen LogP contribution < -0.4 is 5.32 Å². The van der Waals surface area contributed by atoms with Crippen molar-refractivity contribution in [2.24, 2.45) is 0 Å². The Kier molecular flexibility index (Phi) is 6.47. The van der Waals surface area contributed by atoms with E-state index in [9.17, 15) is 4.79 Å². The molecule has 0 aliphatic heterocycles. The van der Waals surface area contributed by atoms with Crippen LogP contribution in [0.5, 0.6) is 0 Å². The zero-order valence-corrected chi connectivity index (χ0v) is 10.3. The number of hydrogen-bond donors (Lipinski definition) is 1. The summed E-state index contributed by atoms with van der Waals surface area (Å²) in [5, 5.41) is 11.0. The highest BCUT2D eigenvalue weighted by atomic mass is 16.7. The van der Waals surface area contributed by atoms with E-state index in [0.29, 0.717) is 13.2 Å². The number of nitrogens with zero attached hydrogens (tertiary/aromatic N) is 1. The third-order valence-corrected chi connectivity index (χ3v) is 2.22. The molecular formula is C13H16N2O3. The fourth-order valence-electron chi connectivity index (χ4n) is 1.33. The SMILES string of the molecule is COCOCc1ccc(CNC(=O)CC#N)cc1. The zero-order valence-electron chi connectivity index (χ0n) is 10.3. The van der Waals surface area contributed by atoms with Crippen LogP contribution in [0.3, 0.4) is 0 Å². The maximum Gasteiger partial charge on any atom is 0.234 e. The first-order valence-corrected chi connectivity index (χ1v) is 5.54. The van der Waals surface area contributed by atoms with E-state index in [2.05, 4.69) is 5.32 Å². The number of nitriles is 1. The Balaban J connectivity index is 2.36. The molecule has 0 bridgehead atoms. The highest BCUT2D eigenvalue weighted by Crippen LogP contribution is 2.05. The van der Waals surface area contributed by atoms with Gasteiger partial charge in [-0.25, -0.2) is 0 Å². The summed E-state index contributed by atoms with van der Waals surface area (Å²) in [4.78, 5) is 11.1. The third kappa shape index (κ3) is 5.43. The van der Waals surface area contributed by atoms with Gasteiger partial charge in [0.25, 0.3) is 0 Å². The number of nitrogens with one attached hydrogen (secondary N) is 1. The smallest absolute Gasteiger partial charge is 0.234 e. The molecule has 1 aromatic rings. The topological polar surface area (TPSA) is 71.3 Å². The average Bonchev–Trinajstić information content (AvgIpc) is 2.38. The molecule has 0 aliphatic carbocycles. The van der Waals surface area contributed by atoms with Crippen LogP contribution in [0.15, 0.2) is 24.3 Å². The summed E-state index contributed by atoms with van der Waals surface area (Å²) in [6, 6.07) is 9.49. The van der Waals surface area contributed by atoms with Gasteiger partial charge in [-0.3, -0.25) is 4.79 Å². The van der Waals surface area contributed by atoms with Crippen LogP contribution in [0.2, 0.25) is 0 Å². The molecule has 1 amide bonds. The lowest BCUT2D eigenvalue weighted by molar-refractivity contribution is -0.120. The van der Waals surface area contributed by atoms with Gasteiger partial charge in [0.15, 0.2) is 0 Å². The predicted molar refractivity (Wildman–Crippen MR) is 65.2 cm³/mol. The van der Waals surface area contributed by atoms with Crippen molar-refractivity contribution in [3.8, 4) is 6.07 Å². The summed E-state index contributed by atoms with van der Waals surface area (Å²) in [6.07, 6.45) is -0.108. The van der Waals surface area contributed by atoms with E-state index in [-0.39, 0.29) is 19.1 Å². The highest BCUT2D eigenvalue weighted by molar-refractivity contribution is 5.77. The molecule has 18 heavy (non-hydrogen) atoms. The van der Waals surface area contributed by atoms with E-state index in [1.165, 1.54) is 0 Å². The number of benzene rings is 1. The van der Waals surface area contributed by atoms with Crippen LogP contribution in [0.25, 0.3) is 0 Å². The Labute approximate surface area is 106 Å². The van der Waals surface area contributed by atoms with Gasteiger partial charge >= 0.3 is 0 Å². The first kappa shape index (κ1) is 14.2. The molecule has 0 fully saturated rings. The van der Waals surface area contributed by atoms with E-state index in [1.807, 2.05) is 24.3 Å². The fourth-order valence-corrected chi connectivity index (χ4v) is 1.33. The molecule has 0 spiro atoms. The summed E-state index contributed by atoms with van der Waals surface area (Å²) in [7, 11) is 1.58. The lowest BCUT2D eigenvalue weighted by atomic mass is 10.1. The maximum absolute atomic E-state index is 11.1. The second-order valence-electron chi connectivity index (χ2n) is 3.68. The molecule has 0 aliphatic rings. The fraction of sp³-hybridized carbons (Fsp3) is 0.385. The van der Waals surface area contributed by atoms with Crippen molar-refractivity contribution in [3.63, 3.8) is 0 Å². The van der Waals surface area contributed by atoms with Crippen LogP contribution in [-0.4, -0.2) is 19.8 Å². The summed E-state index contributed by atoms with van der Waals surface area (Å²) in [6.45, 7) is 1.20. The van der Waals surface area contributed by atoms with Gasteiger partial charge in [-0.1, -0.05) is 24.3 Å². The second kappa shape index (κ2) is 8.23. The van der Waals surface area contributed by atoms with Crippen molar-refractivity contribution in [2.75, 3.05) is 13.9 Å². The molecule has 0 saturated carbocycles. The Hall–Kier alpha value is -1.90. The van der Waals surface area contributed by atoms with Crippen LogP contribution in [0.1, 0.15) is 17.5 Å². The van der Waals surface area contributed by atoms with E-state index < -0.39 is 0 Å². The van der Waals surface area contributed by atoms with Crippen molar-refractivity contribution in [2.45, 2.75) is 19.6 Å². The number of hydrogen-bond acceptors (Lipinski definition) is 4. The highest BCUT2D eigenvalue weighted by Gasteiger charge is 2.00. The lowest BCUT2D eigenvalue weighted by Gasteiger charge is -2.06. The quantitative estimate of drug-likeness (QED) is 0.584. The summed E-state index contributed by atoms with van der Waals surface area (Å²) >= 11 is 0. The van der Waals surface area contributed by atoms with Gasteiger partial charge in [-0.2, -0.15) is 5.26 Å². The molecule has 0 atom stereocenters. The van der Waals surface area contributed by atoms with Gasteiger partial charge in [0.2, 0.25) is 5.91 Å². The summed E-state index contributed by atoms with van der Waals surface area (Å²) < 4.78 is 9.99. The van der Waals surface area contributed by atoms with Crippen molar-refractivity contribution < 1.29 is 14.3 Å². The summed E-state index contributed by atoms with van der Waals surface area (Å²) in [5.41, 5.74) is 2.02. The monoisotopic (exact) mass is 248 g/mol. The number of amides is 1. The minimum atomic E-state index is -0.259. The van der Waals surface area contributed by atoms with E-state index in [0.717, 1.165) is 11.1 Å². The Morgan fingerprint density at radius 1 is 1.33 bits per heavy atom. The standard InChI is InChI=1S/C13H16N2O3/c1-17-10-18-9-12-4-2-11(3-5-12)8-15-13(16)6-7-14/h2-5H,6,8-10H2,1H3,(H,15,16). The van der Waals surface area contributed by atoms with Gasteiger partial charge in [0.1, 0.15) is 13.2 Å². The molecule has 0 aromatic heterocycles. The largest absolute Gasteiger partial charge is 0.359 e. The molecule has 5 nitrogen and oxygen atoms in total. The van der Waals surface area contributed by atoms with Gasteiger partial charge in [-0.15, -0.1) is 0 Å². The Morgan fingerprint density at radius 3 is 2.61 bits per heavy atom.